The monoisotopic (exact) mass is 598 g/mol. The number of methoxy groups -OCH3 is 1. The first-order valence-electron chi connectivity index (χ1n) is 13.9. The average molecular weight is 599 g/mol. The van der Waals surface area contributed by atoms with Crippen molar-refractivity contribution >= 4 is 35.0 Å². The van der Waals surface area contributed by atoms with Crippen LogP contribution in [0.3, 0.4) is 0 Å². The molecule has 0 bridgehead atoms. The standard InChI is InChI=1S/C33H34N4O5S/c1-8-42-32(40)28-20(3)34-33-37(29(28)22-12-14-25(15-13-22)35(5)6)30(38)27(43-33)18-24-16-19(2)36(21(24)4)26-11-9-10-23(17-26)31(39)41-7/h9-18,29H,8H2,1-7H3/b27-18+/t29-/m0/s1. The second-order valence-electron chi connectivity index (χ2n) is 10.5. The van der Waals surface area contributed by atoms with E-state index < -0.39 is 18.0 Å². The number of rotatable bonds is 7. The maximum absolute atomic E-state index is 14.1. The molecule has 0 saturated carbocycles. The van der Waals surface area contributed by atoms with Crippen LogP contribution in [-0.4, -0.2) is 48.9 Å². The number of allylic oxidation sites excluding steroid dienone is 1. The van der Waals surface area contributed by atoms with Crippen molar-refractivity contribution in [1.29, 1.82) is 0 Å². The van der Waals surface area contributed by atoms with Crippen LogP contribution in [-0.2, 0) is 14.3 Å². The summed E-state index contributed by atoms with van der Waals surface area (Å²) in [7, 11) is 5.27. The minimum Gasteiger partial charge on any atom is -0.465 e. The minimum atomic E-state index is -0.679. The van der Waals surface area contributed by atoms with Crippen molar-refractivity contribution < 1.29 is 19.1 Å². The highest BCUT2D eigenvalue weighted by Gasteiger charge is 2.33. The molecule has 2 aromatic carbocycles. The Morgan fingerprint density at radius 3 is 2.42 bits per heavy atom. The molecule has 0 amide bonds. The molecule has 1 aliphatic rings. The molecule has 0 spiro atoms. The van der Waals surface area contributed by atoms with Crippen molar-refractivity contribution in [3.05, 3.63) is 114 Å². The number of carbonyl (C=O) groups is 2. The van der Waals surface area contributed by atoms with Gasteiger partial charge in [-0.2, -0.15) is 0 Å². The predicted molar refractivity (Wildman–Crippen MR) is 168 cm³/mol. The zero-order valence-electron chi connectivity index (χ0n) is 25.3. The Labute approximate surface area is 253 Å². The van der Waals surface area contributed by atoms with Crippen LogP contribution in [0.15, 0.2) is 75.7 Å². The van der Waals surface area contributed by atoms with E-state index in [2.05, 4.69) is 4.99 Å². The topological polar surface area (TPSA) is 95.1 Å². The van der Waals surface area contributed by atoms with Gasteiger partial charge in [-0.15, -0.1) is 0 Å². The molecule has 1 atom stereocenters. The van der Waals surface area contributed by atoms with Gasteiger partial charge in [0.1, 0.15) is 0 Å². The van der Waals surface area contributed by atoms with Gasteiger partial charge in [-0.25, -0.2) is 14.6 Å². The molecule has 9 nitrogen and oxygen atoms in total. The van der Waals surface area contributed by atoms with E-state index in [0.717, 1.165) is 33.9 Å². The van der Waals surface area contributed by atoms with E-state index in [1.165, 1.54) is 18.4 Å². The highest BCUT2D eigenvalue weighted by molar-refractivity contribution is 7.07. The minimum absolute atomic E-state index is 0.213. The van der Waals surface area contributed by atoms with Gasteiger partial charge in [0.2, 0.25) is 0 Å². The molecule has 1 aliphatic heterocycles. The van der Waals surface area contributed by atoms with Crippen LogP contribution in [0.4, 0.5) is 5.69 Å². The Kier molecular flexibility index (Phi) is 8.23. The first-order valence-corrected chi connectivity index (χ1v) is 14.7. The molecule has 5 rings (SSSR count). The summed E-state index contributed by atoms with van der Waals surface area (Å²) < 4.78 is 14.4. The summed E-state index contributed by atoms with van der Waals surface area (Å²) in [6.07, 6.45) is 1.86. The Morgan fingerprint density at radius 1 is 1.05 bits per heavy atom. The van der Waals surface area contributed by atoms with Crippen molar-refractivity contribution in [2.24, 2.45) is 4.99 Å². The summed E-state index contributed by atoms with van der Waals surface area (Å²) in [4.78, 5) is 46.6. The van der Waals surface area contributed by atoms with Gasteiger partial charge >= 0.3 is 11.9 Å². The quantitative estimate of drug-likeness (QED) is 0.298. The second kappa shape index (κ2) is 11.9. The maximum atomic E-state index is 14.1. The van der Waals surface area contributed by atoms with Crippen molar-refractivity contribution in [3.63, 3.8) is 0 Å². The molecule has 2 aromatic heterocycles. The molecule has 3 heterocycles. The molecule has 222 valence electrons. The van der Waals surface area contributed by atoms with Crippen molar-refractivity contribution in [1.82, 2.24) is 9.13 Å². The van der Waals surface area contributed by atoms with Gasteiger partial charge in [-0.1, -0.05) is 29.5 Å². The smallest absolute Gasteiger partial charge is 0.338 e. The second-order valence-corrected chi connectivity index (χ2v) is 11.5. The third-order valence-electron chi connectivity index (χ3n) is 7.52. The van der Waals surface area contributed by atoms with E-state index in [0.29, 0.717) is 26.2 Å². The summed E-state index contributed by atoms with van der Waals surface area (Å²) >= 11 is 1.29. The highest BCUT2D eigenvalue weighted by Crippen LogP contribution is 2.32. The highest BCUT2D eigenvalue weighted by atomic mass is 32.1. The van der Waals surface area contributed by atoms with Gasteiger partial charge in [0, 0.05) is 36.9 Å². The Balaban J connectivity index is 1.66. The summed E-state index contributed by atoms with van der Waals surface area (Å²) in [6.45, 7) is 7.69. The summed E-state index contributed by atoms with van der Waals surface area (Å²) in [5.74, 6) is -0.897. The number of fused-ring (bicyclic) bond motifs is 1. The molecule has 43 heavy (non-hydrogen) atoms. The molecular formula is C33H34N4O5S. The van der Waals surface area contributed by atoms with Crippen LogP contribution in [0.1, 0.15) is 52.8 Å². The van der Waals surface area contributed by atoms with Gasteiger partial charge in [0.05, 0.1) is 41.1 Å². The number of benzene rings is 2. The molecule has 0 unspecified atom stereocenters. The number of carbonyl (C=O) groups excluding carboxylic acids is 2. The van der Waals surface area contributed by atoms with Gasteiger partial charge < -0.3 is 18.9 Å². The van der Waals surface area contributed by atoms with Crippen LogP contribution >= 0.6 is 11.3 Å². The van der Waals surface area contributed by atoms with Crippen LogP contribution in [0, 0.1) is 13.8 Å². The number of esters is 2. The maximum Gasteiger partial charge on any atom is 0.338 e. The van der Waals surface area contributed by atoms with E-state index >= 15 is 0 Å². The lowest BCUT2D eigenvalue weighted by Gasteiger charge is -2.25. The van der Waals surface area contributed by atoms with E-state index in [1.807, 2.05) is 86.0 Å². The van der Waals surface area contributed by atoms with E-state index in [1.54, 1.807) is 30.5 Å². The number of nitrogens with zero attached hydrogens (tertiary/aromatic N) is 4. The fourth-order valence-corrected chi connectivity index (χ4v) is 6.46. The van der Waals surface area contributed by atoms with E-state index in [4.69, 9.17) is 9.47 Å². The number of aryl methyl sites for hydroxylation is 1. The molecule has 10 heteroatoms. The normalized spacial score (nSPS) is 14.8. The number of hydrogen-bond donors (Lipinski definition) is 0. The van der Waals surface area contributed by atoms with E-state index in [9.17, 15) is 14.4 Å². The molecule has 0 saturated heterocycles. The first-order chi connectivity index (χ1) is 20.5. The van der Waals surface area contributed by atoms with Gasteiger partial charge in [0.15, 0.2) is 4.80 Å². The number of anilines is 1. The first kappa shape index (κ1) is 29.8. The summed E-state index contributed by atoms with van der Waals surface area (Å²) in [5, 5.41) is 0. The molecule has 0 radical (unpaired) electrons. The van der Waals surface area contributed by atoms with Crippen LogP contribution in [0.25, 0.3) is 11.8 Å². The number of hydrogen-bond acceptors (Lipinski definition) is 8. The van der Waals surface area contributed by atoms with Crippen LogP contribution in [0.2, 0.25) is 0 Å². The van der Waals surface area contributed by atoms with Crippen LogP contribution in [0.5, 0.6) is 0 Å². The molecular weight excluding hydrogens is 564 g/mol. The molecule has 4 aromatic rings. The van der Waals surface area contributed by atoms with Gasteiger partial charge in [-0.3, -0.25) is 9.36 Å². The van der Waals surface area contributed by atoms with Crippen molar-refractivity contribution in [2.45, 2.75) is 33.7 Å². The zero-order valence-corrected chi connectivity index (χ0v) is 26.1. The fourth-order valence-electron chi connectivity index (χ4n) is 5.42. The summed E-state index contributed by atoms with van der Waals surface area (Å²) in [5.41, 5.74) is 6.41. The SMILES string of the molecule is CCOC(=O)C1=C(C)N=c2s/c(=C/c3cc(C)n(-c4cccc(C(=O)OC)c4)c3C)c(=O)n2[C@H]1c1ccc(N(C)C)cc1. The van der Waals surface area contributed by atoms with Crippen molar-refractivity contribution in [2.75, 3.05) is 32.7 Å². The molecule has 0 aliphatic carbocycles. The summed E-state index contributed by atoms with van der Waals surface area (Å²) in [6, 6.07) is 16.4. The lowest BCUT2D eigenvalue weighted by molar-refractivity contribution is -0.139. The lowest BCUT2D eigenvalue weighted by atomic mass is 9.95. The zero-order chi connectivity index (χ0) is 31.0. The van der Waals surface area contributed by atoms with Gasteiger partial charge in [0.25, 0.3) is 5.56 Å². The largest absolute Gasteiger partial charge is 0.465 e. The average Bonchev–Trinajstić information content (AvgIpc) is 3.45. The lowest BCUT2D eigenvalue weighted by Crippen LogP contribution is -2.40. The number of ether oxygens (including phenoxy) is 2. The molecule has 0 N–H and O–H groups in total. The van der Waals surface area contributed by atoms with E-state index in [-0.39, 0.29) is 12.2 Å². The van der Waals surface area contributed by atoms with Gasteiger partial charge in [-0.05, 0) is 81.3 Å². The Hall–Kier alpha value is -4.70. The Bertz CT molecular complexity index is 1940. The Morgan fingerprint density at radius 2 is 1.77 bits per heavy atom. The van der Waals surface area contributed by atoms with Crippen LogP contribution < -0.4 is 19.8 Å². The number of thiazole rings is 1. The van der Waals surface area contributed by atoms with Crippen molar-refractivity contribution in [3.8, 4) is 5.69 Å². The molecule has 0 fully saturated rings. The number of aromatic nitrogens is 2. The third kappa shape index (κ3) is 5.46. The predicted octanol–water partition coefficient (Wildman–Crippen LogP) is 4.06. The fraction of sp³-hybridized carbons (Fsp3) is 0.273. The third-order valence-corrected chi connectivity index (χ3v) is 8.51.